The summed E-state index contributed by atoms with van der Waals surface area (Å²) in [6.07, 6.45) is 8.36. The van der Waals surface area contributed by atoms with Crippen LogP contribution in [0.15, 0.2) is 24.0 Å². The highest BCUT2D eigenvalue weighted by atomic mass is 16.5. The number of hydrogen-bond acceptors (Lipinski definition) is 2. The molecule has 0 amide bonds. The zero-order valence-electron chi connectivity index (χ0n) is 10.1. The molecular weight excluding hydrogens is 202 g/mol. The van der Waals surface area contributed by atoms with E-state index >= 15 is 0 Å². The summed E-state index contributed by atoms with van der Waals surface area (Å²) in [6, 6.07) is 0. The first-order valence-electron chi connectivity index (χ1n) is 6.15. The van der Waals surface area contributed by atoms with Crippen LogP contribution in [0.4, 0.5) is 0 Å². The van der Waals surface area contributed by atoms with E-state index in [1.54, 1.807) is 0 Å². The van der Waals surface area contributed by atoms with E-state index in [-0.39, 0.29) is 11.6 Å². The maximum Gasteiger partial charge on any atom is 0.117 e. The number of allylic oxidation sites excluding steroid dienone is 1. The average Bonchev–Trinajstić information content (AvgIpc) is 3.07. The highest BCUT2D eigenvalue weighted by Crippen LogP contribution is 2.34. The fourth-order valence-electron chi connectivity index (χ4n) is 1.80. The van der Waals surface area contributed by atoms with Gasteiger partial charge in [0.1, 0.15) is 11.9 Å². The van der Waals surface area contributed by atoms with E-state index < -0.39 is 0 Å². The highest BCUT2D eigenvalue weighted by molar-refractivity contribution is 5.36. The topological polar surface area (TPSA) is 32.6 Å². The SMILES string of the molecule is CCCOC1=CC(OCCC)C2(C=C1)C[N]2. The third-order valence-corrected chi connectivity index (χ3v) is 2.84. The molecule has 89 valence electrons. The number of hydrogen-bond donors (Lipinski definition) is 0. The molecule has 1 spiro atoms. The van der Waals surface area contributed by atoms with Crippen LogP contribution >= 0.6 is 0 Å². The Labute approximate surface area is 97.5 Å². The molecule has 1 saturated heterocycles. The van der Waals surface area contributed by atoms with Gasteiger partial charge in [0.25, 0.3) is 0 Å². The molecule has 2 aliphatic rings. The predicted octanol–water partition coefficient (Wildman–Crippen LogP) is 2.02. The third-order valence-electron chi connectivity index (χ3n) is 2.84. The molecule has 0 N–H and O–H groups in total. The first-order valence-corrected chi connectivity index (χ1v) is 6.15. The van der Waals surface area contributed by atoms with Gasteiger partial charge in [-0.15, -0.1) is 0 Å². The summed E-state index contributed by atoms with van der Waals surface area (Å²) in [5, 5.41) is 4.43. The average molecular weight is 222 g/mol. The molecule has 3 nitrogen and oxygen atoms in total. The Hall–Kier alpha value is -0.800. The van der Waals surface area contributed by atoms with Crippen molar-refractivity contribution in [3.05, 3.63) is 24.0 Å². The lowest BCUT2D eigenvalue weighted by Crippen LogP contribution is -2.33. The van der Waals surface area contributed by atoms with Crippen LogP contribution in [0.1, 0.15) is 26.7 Å². The van der Waals surface area contributed by atoms with E-state index in [9.17, 15) is 0 Å². The summed E-state index contributed by atoms with van der Waals surface area (Å²) in [4.78, 5) is 0. The molecule has 1 aliphatic carbocycles. The van der Waals surface area contributed by atoms with Crippen molar-refractivity contribution in [2.24, 2.45) is 0 Å². The van der Waals surface area contributed by atoms with Gasteiger partial charge in [-0.2, -0.15) is 0 Å². The van der Waals surface area contributed by atoms with Gasteiger partial charge in [-0.25, -0.2) is 5.32 Å². The molecule has 0 saturated carbocycles. The van der Waals surface area contributed by atoms with Crippen LogP contribution in [0.5, 0.6) is 0 Å². The van der Waals surface area contributed by atoms with Crippen LogP contribution < -0.4 is 5.32 Å². The fourth-order valence-corrected chi connectivity index (χ4v) is 1.80. The molecular formula is C13H20NO2. The monoisotopic (exact) mass is 222 g/mol. The van der Waals surface area contributed by atoms with Crippen molar-refractivity contribution in [1.29, 1.82) is 0 Å². The van der Waals surface area contributed by atoms with Crippen molar-refractivity contribution in [3.63, 3.8) is 0 Å². The van der Waals surface area contributed by atoms with Crippen LogP contribution in [-0.2, 0) is 9.47 Å². The highest BCUT2D eigenvalue weighted by Gasteiger charge is 2.50. The van der Waals surface area contributed by atoms with Crippen molar-refractivity contribution in [2.75, 3.05) is 19.8 Å². The molecule has 2 rings (SSSR count). The maximum absolute atomic E-state index is 5.82. The van der Waals surface area contributed by atoms with Crippen LogP contribution in [0, 0.1) is 0 Å². The number of nitrogens with zero attached hydrogens (tertiary/aromatic N) is 1. The molecule has 2 atom stereocenters. The molecule has 1 fully saturated rings. The molecule has 2 unspecified atom stereocenters. The van der Waals surface area contributed by atoms with Crippen molar-refractivity contribution < 1.29 is 9.47 Å². The maximum atomic E-state index is 5.82. The summed E-state index contributed by atoms with van der Waals surface area (Å²) >= 11 is 0. The summed E-state index contributed by atoms with van der Waals surface area (Å²) < 4.78 is 11.4. The Balaban J connectivity index is 1.95. The van der Waals surface area contributed by atoms with Gasteiger partial charge < -0.3 is 9.47 Å². The second-order valence-corrected chi connectivity index (χ2v) is 4.35. The van der Waals surface area contributed by atoms with Gasteiger partial charge in [-0.3, -0.25) is 0 Å². The van der Waals surface area contributed by atoms with Gasteiger partial charge >= 0.3 is 0 Å². The van der Waals surface area contributed by atoms with E-state index in [4.69, 9.17) is 9.47 Å². The predicted molar refractivity (Wildman–Crippen MR) is 63.2 cm³/mol. The van der Waals surface area contributed by atoms with E-state index in [0.29, 0.717) is 0 Å². The van der Waals surface area contributed by atoms with Crippen LogP contribution in [0.3, 0.4) is 0 Å². The normalized spacial score (nSPS) is 31.6. The molecule has 1 radical (unpaired) electrons. The van der Waals surface area contributed by atoms with Gasteiger partial charge in [0.2, 0.25) is 0 Å². The number of ether oxygens (including phenoxy) is 2. The lowest BCUT2D eigenvalue weighted by Gasteiger charge is -2.24. The summed E-state index contributed by atoms with van der Waals surface area (Å²) in [5.74, 6) is 0.927. The van der Waals surface area contributed by atoms with Crippen molar-refractivity contribution >= 4 is 0 Å². The van der Waals surface area contributed by atoms with Gasteiger partial charge in [-0.05, 0) is 25.0 Å². The van der Waals surface area contributed by atoms with E-state index in [1.165, 1.54) is 0 Å². The largest absolute Gasteiger partial charge is 0.494 e. The molecule has 0 aromatic heterocycles. The molecule has 0 aromatic carbocycles. The lowest BCUT2D eigenvalue weighted by molar-refractivity contribution is 0.0638. The standard InChI is InChI=1S/C13H20NO2/c1-3-7-15-11-5-6-13(10-14-13)12(9-11)16-8-4-2/h5-6,9,12H,3-4,7-8,10H2,1-2H3. The van der Waals surface area contributed by atoms with E-state index in [2.05, 4.69) is 31.3 Å². The smallest absolute Gasteiger partial charge is 0.117 e. The zero-order chi connectivity index (χ0) is 11.4. The molecule has 0 bridgehead atoms. The van der Waals surface area contributed by atoms with E-state index in [1.807, 2.05) is 6.08 Å². The quantitative estimate of drug-likeness (QED) is 0.644. The Kier molecular flexibility index (Phi) is 3.66. The first kappa shape index (κ1) is 11.7. The van der Waals surface area contributed by atoms with Crippen molar-refractivity contribution in [3.8, 4) is 0 Å². The minimum absolute atomic E-state index is 0.0613. The Morgan fingerprint density at radius 2 is 2.12 bits per heavy atom. The molecule has 3 heteroatoms. The molecule has 1 heterocycles. The van der Waals surface area contributed by atoms with Gasteiger partial charge in [0.15, 0.2) is 0 Å². The fraction of sp³-hybridized carbons (Fsp3) is 0.692. The van der Waals surface area contributed by atoms with Gasteiger partial charge in [0, 0.05) is 13.2 Å². The second kappa shape index (κ2) is 5.02. The zero-order valence-corrected chi connectivity index (χ0v) is 10.1. The van der Waals surface area contributed by atoms with Crippen LogP contribution in [0.25, 0.3) is 0 Å². The Morgan fingerprint density at radius 3 is 2.75 bits per heavy atom. The summed E-state index contributed by atoms with van der Waals surface area (Å²) in [6.45, 7) is 6.66. The number of rotatable bonds is 6. The van der Waals surface area contributed by atoms with E-state index in [0.717, 1.165) is 38.4 Å². The van der Waals surface area contributed by atoms with Crippen LogP contribution in [0.2, 0.25) is 0 Å². The summed E-state index contributed by atoms with van der Waals surface area (Å²) in [7, 11) is 0. The van der Waals surface area contributed by atoms with Crippen molar-refractivity contribution in [1.82, 2.24) is 5.32 Å². The van der Waals surface area contributed by atoms with Gasteiger partial charge in [0.05, 0.1) is 12.1 Å². The lowest BCUT2D eigenvalue weighted by atomic mass is 9.96. The first-order chi connectivity index (χ1) is 7.80. The van der Waals surface area contributed by atoms with Crippen LogP contribution in [-0.4, -0.2) is 31.4 Å². The Morgan fingerprint density at radius 1 is 1.38 bits per heavy atom. The minimum Gasteiger partial charge on any atom is -0.494 e. The van der Waals surface area contributed by atoms with Gasteiger partial charge in [-0.1, -0.05) is 19.9 Å². The third kappa shape index (κ3) is 2.47. The molecule has 16 heavy (non-hydrogen) atoms. The molecule has 0 aromatic rings. The molecule has 1 aliphatic heterocycles. The second-order valence-electron chi connectivity index (χ2n) is 4.35. The minimum atomic E-state index is -0.0613. The van der Waals surface area contributed by atoms with Crippen molar-refractivity contribution in [2.45, 2.75) is 38.3 Å². The Bertz CT molecular complexity index is 292. The summed E-state index contributed by atoms with van der Waals surface area (Å²) in [5.41, 5.74) is -0.0613.